The molecule has 6 nitrogen and oxygen atoms in total. The number of amides is 1. The van der Waals surface area contributed by atoms with Crippen LogP contribution in [0.1, 0.15) is 31.5 Å². The van der Waals surface area contributed by atoms with Gasteiger partial charge in [-0.1, -0.05) is 12.1 Å². The van der Waals surface area contributed by atoms with Gasteiger partial charge < -0.3 is 15.8 Å². The number of rotatable bonds is 6. The third-order valence-corrected chi connectivity index (χ3v) is 3.18. The first kappa shape index (κ1) is 14.9. The molecule has 21 heavy (non-hydrogen) atoms. The maximum Gasteiger partial charge on any atom is 0.244 e. The van der Waals surface area contributed by atoms with Crippen LogP contribution in [0.15, 0.2) is 36.7 Å². The highest BCUT2D eigenvalue weighted by molar-refractivity contribution is 5.84. The van der Waals surface area contributed by atoms with Gasteiger partial charge in [0.15, 0.2) is 0 Å². The van der Waals surface area contributed by atoms with E-state index in [1.807, 2.05) is 44.3 Å². The Morgan fingerprint density at radius 2 is 2.10 bits per heavy atom. The van der Waals surface area contributed by atoms with Crippen molar-refractivity contribution in [2.24, 2.45) is 5.73 Å². The van der Waals surface area contributed by atoms with Crippen molar-refractivity contribution in [1.82, 2.24) is 9.78 Å². The lowest BCUT2D eigenvalue weighted by atomic mass is 10.1. The largest absolute Gasteiger partial charge is 0.495 e. The molecule has 1 unspecified atom stereocenters. The third-order valence-electron chi connectivity index (χ3n) is 3.18. The molecule has 0 saturated carbocycles. The molecule has 1 aromatic heterocycles. The summed E-state index contributed by atoms with van der Waals surface area (Å²) in [5.41, 5.74) is 6.95. The Morgan fingerprint density at radius 3 is 2.67 bits per heavy atom. The van der Waals surface area contributed by atoms with Crippen LogP contribution in [0, 0.1) is 0 Å². The van der Waals surface area contributed by atoms with Gasteiger partial charge in [0, 0.05) is 17.8 Å². The average Bonchev–Trinajstić information content (AvgIpc) is 2.94. The first-order valence-corrected chi connectivity index (χ1v) is 6.76. The van der Waals surface area contributed by atoms with Crippen molar-refractivity contribution in [1.29, 1.82) is 0 Å². The van der Waals surface area contributed by atoms with E-state index in [0.29, 0.717) is 11.4 Å². The smallest absolute Gasteiger partial charge is 0.244 e. The number of ether oxygens (including phenoxy) is 1. The van der Waals surface area contributed by atoms with Crippen LogP contribution >= 0.6 is 0 Å². The molecular weight excluding hydrogens is 268 g/mol. The van der Waals surface area contributed by atoms with Crippen molar-refractivity contribution in [3.8, 4) is 5.75 Å². The van der Waals surface area contributed by atoms with Crippen molar-refractivity contribution < 1.29 is 9.53 Å². The zero-order chi connectivity index (χ0) is 15.4. The van der Waals surface area contributed by atoms with Crippen molar-refractivity contribution in [3.63, 3.8) is 0 Å². The van der Waals surface area contributed by atoms with E-state index in [2.05, 4.69) is 10.4 Å². The van der Waals surface area contributed by atoms with Gasteiger partial charge in [-0.15, -0.1) is 0 Å². The number of primary amides is 1. The SMILES string of the molecule is COc1ccccc1NC(C(N)=O)c1cnn(C(C)C)c1. The molecule has 2 rings (SSSR count). The Balaban J connectivity index is 2.29. The van der Waals surface area contributed by atoms with Crippen LogP contribution in [0.3, 0.4) is 0 Å². The molecule has 0 radical (unpaired) electrons. The molecule has 0 spiro atoms. The Labute approximate surface area is 123 Å². The Morgan fingerprint density at radius 1 is 1.38 bits per heavy atom. The maximum atomic E-state index is 11.8. The monoisotopic (exact) mass is 288 g/mol. The zero-order valence-corrected chi connectivity index (χ0v) is 12.4. The highest BCUT2D eigenvalue weighted by atomic mass is 16.5. The molecule has 6 heteroatoms. The number of anilines is 1. The maximum absolute atomic E-state index is 11.8. The van der Waals surface area contributed by atoms with E-state index in [1.165, 1.54) is 0 Å². The van der Waals surface area contributed by atoms with Crippen LogP contribution < -0.4 is 15.8 Å². The fourth-order valence-corrected chi connectivity index (χ4v) is 2.02. The molecule has 1 aromatic carbocycles. The Hall–Kier alpha value is -2.50. The van der Waals surface area contributed by atoms with Gasteiger partial charge in [0.25, 0.3) is 0 Å². The van der Waals surface area contributed by atoms with Gasteiger partial charge in [-0.2, -0.15) is 5.10 Å². The van der Waals surface area contributed by atoms with Crippen LogP contribution in [0.2, 0.25) is 0 Å². The summed E-state index contributed by atoms with van der Waals surface area (Å²) in [7, 11) is 1.58. The molecule has 0 bridgehead atoms. The van der Waals surface area contributed by atoms with Crippen LogP contribution in [0.5, 0.6) is 5.75 Å². The van der Waals surface area contributed by atoms with Crippen molar-refractivity contribution in [3.05, 3.63) is 42.2 Å². The van der Waals surface area contributed by atoms with Gasteiger partial charge in [0.2, 0.25) is 5.91 Å². The molecule has 1 amide bonds. The number of methoxy groups -OCH3 is 1. The number of nitrogens with zero attached hydrogens (tertiary/aromatic N) is 2. The van der Waals surface area contributed by atoms with Gasteiger partial charge in [-0.05, 0) is 26.0 Å². The summed E-state index contributed by atoms with van der Waals surface area (Å²) in [6.07, 6.45) is 3.47. The predicted octanol–water partition coefficient (Wildman–Crippen LogP) is 2.11. The lowest BCUT2D eigenvalue weighted by Gasteiger charge is -2.17. The first-order valence-electron chi connectivity index (χ1n) is 6.76. The normalized spacial score (nSPS) is 12.2. The second-order valence-electron chi connectivity index (χ2n) is 5.03. The number of aromatic nitrogens is 2. The predicted molar refractivity (Wildman–Crippen MR) is 81.2 cm³/mol. The number of hydrogen-bond acceptors (Lipinski definition) is 4. The fraction of sp³-hybridized carbons (Fsp3) is 0.333. The van der Waals surface area contributed by atoms with Crippen LogP contribution in [0.4, 0.5) is 5.69 Å². The number of para-hydroxylation sites is 2. The third kappa shape index (κ3) is 3.34. The molecule has 1 atom stereocenters. The Kier molecular flexibility index (Phi) is 4.47. The summed E-state index contributed by atoms with van der Waals surface area (Å²) >= 11 is 0. The molecule has 2 aromatic rings. The fourth-order valence-electron chi connectivity index (χ4n) is 2.02. The van der Waals surface area contributed by atoms with Crippen molar-refractivity contribution >= 4 is 11.6 Å². The number of hydrogen-bond donors (Lipinski definition) is 2. The molecular formula is C15H20N4O2. The Bertz CT molecular complexity index is 622. The number of carbonyl (C=O) groups excluding carboxylic acids is 1. The quantitative estimate of drug-likeness (QED) is 0.853. The van der Waals surface area contributed by atoms with E-state index in [0.717, 1.165) is 5.56 Å². The second kappa shape index (κ2) is 6.30. The van der Waals surface area contributed by atoms with Crippen LogP contribution in [-0.2, 0) is 4.79 Å². The highest BCUT2D eigenvalue weighted by Crippen LogP contribution is 2.27. The lowest BCUT2D eigenvalue weighted by Crippen LogP contribution is -2.27. The van der Waals surface area contributed by atoms with Gasteiger partial charge >= 0.3 is 0 Å². The molecule has 1 heterocycles. The molecule has 0 saturated heterocycles. The highest BCUT2D eigenvalue weighted by Gasteiger charge is 2.21. The van der Waals surface area contributed by atoms with Gasteiger partial charge in [0.1, 0.15) is 11.8 Å². The van der Waals surface area contributed by atoms with E-state index in [9.17, 15) is 4.79 Å². The second-order valence-corrected chi connectivity index (χ2v) is 5.03. The lowest BCUT2D eigenvalue weighted by molar-refractivity contribution is -0.118. The zero-order valence-electron chi connectivity index (χ0n) is 12.4. The number of carbonyl (C=O) groups is 1. The summed E-state index contributed by atoms with van der Waals surface area (Å²) in [6.45, 7) is 4.04. The molecule has 3 N–H and O–H groups in total. The van der Waals surface area contributed by atoms with E-state index >= 15 is 0 Å². The summed E-state index contributed by atoms with van der Waals surface area (Å²) in [6, 6.07) is 6.94. The minimum Gasteiger partial charge on any atom is -0.495 e. The minimum absolute atomic E-state index is 0.221. The van der Waals surface area contributed by atoms with Crippen molar-refractivity contribution in [2.45, 2.75) is 25.9 Å². The van der Waals surface area contributed by atoms with Gasteiger partial charge in [-0.3, -0.25) is 9.48 Å². The molecule has 0 aliphatic carbocycles. The summed E-state index contributed by atoms with van der Waals surface area (Å²) in [5.74, 6) is 0.184. The van der Waals surface area contributed by atoms with E-state index in [1.54, 1.807) is 18.0 Å². The molecule has 0 aliphatic rings. The molecule has 0 fully saturated rings. The summed E-state index contributed by atoms with van der Waals surface area (Å²) < 4.78 is 7.06. The first-order chi connectivity index (χ1) is 10.0. The molecule has 112 valence electrons. The van der Waals surface area contributed by atoms with Crippen LogP contribution in [-0.4, -0.2) is 22.8 Å². The van der Waals surface area contributed by atoms with E-state index in [4.69, 9.17) is 10.5 Å². The topological polar surface area (TPSA) is 82.2 Å². The summed E-state index contributed by atoms with van der Waals surface area (Å²) in [5, 5.41) is 7.35. The number of nitrogens with one attached hydrogen (secondary N) is 1. The minimum atomic E-state index is -0.659. The average molecular weight is 288 g/mol. The number of nitrogens with two attached hydrogens (primary N) is 1. The molecule has 0 aliphatic heterocycles. The van der Waals surface area contributed by atoms with E-state index in [-0.39, 0.29) is 6.04 Å². The summed E-state index contributed by atoms with van der Waals surface area (Å²) in [4.78, 5) is 11.8. The van der Waals surface area contributed by atoms with Crippen molar-refractivity contribution in [2.75, 3.05) is 12.4 Å². The van der Waals surface area contributed by atoms with E-state index < -0.39 is 11.9 Å². The van der Waals surface area contributed by atoms with Gasteiger partial charge in [-0.25, -0.2) is 0 Å². The van der Waals surface area contributed by atoms with Crippen LogP contribution in [0.25, 0.3) is 0 Å². The van der Waals surface area contributed by atoms with Gasteiger partial charge in [0.05, 0.1) is 19.0 Å². The number of benzene rings is 1. The standard InChI is InChI=1S/C15H20N4O2/c1-10(2)19-9-11(8-17-19)14(15(16)20)18-12-6-4-5-7-13(12)21-3/h4-10,14,18H,1-3H3,(H2,16,20).